The van der Waals surface area contributed by atoms with Gasteiger partial charge in [-0.25, -0.2) is 0 Å². The molecule has 1 aromatic rings. The summed E-state index contributed by atoms with van der Waals surface area (Å²) >= 11 is 0. The lowest BCUT2D eigenvalue weighted by Gasteiger charge is -2.18. The normalized spacial score (nSPS) is 12.7. The summed E-state index contributed by atoms with van der Waals surface area (Å²) in [6.45, 7) is 10.3. The molecule has 1 atom stereocenters. The summed E-state index contributed by atoms with van der Waals surface area (Å²) < 4.78 is 5.78. The van der Waals surface area contributed by atoms with Gasteiger partial charge in [0.1, 0.15) is 5.75 Å². The van der Waals surface area contributed by atoms with Crippen LogP contribution in [0.1, 0.15) is 57.1 Å². The van der Waals surface area contributed by atoms with Gasteiger partial charge in [-0.15, -0.1) is 0 Å². The maximum atomic E-state index is 5.78. The van der Waals surface area contributed by atoms with E-state index in [1.54, 1.807) is 0 Å². The molecule has 0 aliphatic carbocycles. The van der Waals surface area contributed by atoms with Gasteiger partial charge in [0.25, 0.3) is 0 Å². The third-order valence-corrected chi connectivity index (χ3v) is 3.51. The fraction of sp³-hybridized carbons (Fsp3) is 0.647. The summed E-state index contributed by atoms with van der Waals surface area (Å²) in [5, 5.41) is 0. The Bertz CT molecular complexity index is 374. The molecule has 0 heterocycles. The van der Waals surface area contributed by atoms with Gasteiger partial charge in [-0.1, -0.05) is 26.8 Å². The molecule has 19 heavy (non-hydrogen) atoms. The van der Waals surface area contributed by atoms with Crippen LogP contribution in [0.25, 0.3) is 0 Å². The number of ether oxygens (including phenoxy) is 1. The molecule has 108 valence electrons. The van der Waals surface area contributed by atoms with Gasteiger partial charge in [-0.05, 0) is 67.8 Å². The highest BCUT2D eigenvalue weighted by molar-refractivity contribution is 5.37. The number of hydrogen-bond donors (Lipinski definition) is 1. The van der Waals surface area contributed by atoms with Crippen molar-refractivity contribution in [3.8, 4) is 5.75 Å². The van der Waals surface area contributed by atoms with E-state index in [1.807, 2.05) is 0 Å². The van der Waals surface area contributed by atoms with E-state index >= 15 is 0 Å². The Hall–Kier alpha value is -1.02. The van der Waals surface area contributed by atoms with Crippen LogP contribution in [-0.4, -0.2) is 13.2 Å². The molecule has 2 heteroatoms. The Labute approximate surface area is 118 Å². The molecule has 1 rings (SSSR count). The van der Waals surface area contributed by atoms with E-state index in [9.17, 15) is 0 Å². The Morgan fingerprint density at radius 2 is 2.00 bits per heavy atom. The first-order chi connectivity index (χ1) is 9.08. The highest BCUT2D eigenvalue weighted by atomic mass is 16.5. The zero-order valence-electron chi connectivity index (χ0n) is 12.9. The number of hydrogen-bond acceptors (Lipinski definition) is 2. The number of rotatable bonds is 8. The summed E-state index contributed by atoms with van der Waals surface area (Å²) in [5.74, 6) is 2.18. The molecule has 0 aliphatic rings. The molecular formula is C17H29NO. The van der Waals surface area contributed by atoms with Crippen LogP contribution in [0.3, 0.4) is 0 Å². The van der Waals surface area contributed by atoms with Crippen LogP contribution in [0, 0.1) is 12.8 Å². The monoisotopic (exact) mass is 263 g/mol. The van der Waals surface area contributed by atoms with Gasteiger partial charge in [-0.2, -0.15) is 0 Å². The van der Waals surface area contributed by atoms with Gasteiger partial charge < -0.3 is 10.5 Å². The second-order valence-electron chi connectivity index (χ2n) is 5.76. The maximum absolute atomic E-state index is 5.78. The van der Waals surface area contributed by atoms with E-state index in [2.05, 4.69) is 45.9 Å². The van der Waals surface area contributed by atoms with Crippen molar-refractivity contribution in [2.75, 3.05) is 13.2 Å². The molecule has 2 nitrogen and oxygen atoms in total. The Kier molecular flexibility index (Phi) is 6.93. The zero-order valence-corrected chi connectivity index (χ0v) is 12.9. The molecule has 0 bridgehead atoms. The number of benzene rings is 1. The van der Waals surface area contributed by atoms with E-state index in [0.717, 1.165) is 25.3 Å². The van der Waals surface area contributed by atoms with Crippen LogP contribution in [0.2, 0.25) is 0 Å². The standard InChI is InChI=1S/C17H29NO/c1-5-15(7-6-10-18)17-9-8-16(11-14(17)4)19-12-13(2)3/h8-9,11,13,15H,5-7,10,12,18H2,1-4H3. The van der Waals surface area contributed by atoms with Gasteiger partial charge in [-0.3, -0.25) is 0 Å². The first-order valence-electron chi connectivity index (χ1n) is 7.51. The lowest BCUT2D eigenvalue weighted by Crippen LogP contribution is -2.07. The lowest BCUT2D eigenvalue weighted by molar-refractivity contribution is 0.271. The third-order valence-electron chi connectivity index (χ3n) is 3.51. The third kappa shape index (κ3) is 5.23. The smallest absolute Gasteiger partial charge is 0.119 e. The topological polar surface area (TPSA) is 35.2 Å². The quantitative estimate of drug-likeness (QED) is 0.760. The van der Waals surface area contributed by atoms with Crippen LogP contribution in [0.15, 0.2) is 18.2 Å². The molecule has 0 amide bonds. The average molecular weight is 263 g/mol. The maximum Gasteiger partial charge on any atom is 0.119 e. The van der Waals surface area contributed by atoms with E-state index in [-0.39, 0.29) is 0 Å². The van der Waals surface area contributed by atoms with Crippen LogP contribution in [-0.2, 0) is 0 Å². The molecule has 0 saturated carbocycles. The minimum absolute atomic E-state index is 0.563. The average Bonchev–Trinajstić information content (AvgIpc) is 2.39. The minimum Gasteiger partial charge on any atom is -0.493 e. The summed E-state index contributed by atoms with van der Waals surface area (Å²) in [6, 6.07) is 6.51. The Balaban J connectivity index is 2.74. The summed E-state index contributed by atoms with van der Waals surface area (Å²) in [7, 11) is 0. The predicted octanol–water partition coefficient (Wildman–Crippen LogP) is 4.26. The van der Waals surface area contributed by atoms with E-state index in [0.29, 0.717) is 11.8 Å². The Morgan fingerprint density at radius 3 is 2.53 bits per heavy atom. The van der Waals surface area contributed by atoms with Crippen LogP contribution >= 0.6 is 0 Å². The van der Waals surface area contributed by atoms with Crippen molar-refractivity contribution in [1.29, 1.82) is 0 Å². The van der Waals surface area contributed by atoms with Crippen molar-refractivity contribution in [3.63, 3.8) is 0 Å². The molecule has 1 unspecified atom stereocenters. The largest absolute Gasteiger partial charge is 0.493 e. The first-order valence-corrected chi connectivity index (χ1v) is 7.51. The molecule has 2 N–H and O–H groups in total. The highest BCUT2D eigenvalue weighted by Crippen LogP contribution is 2.29. The number of aryl methyl sites for hydroxylation is 1. The molecule has 0 aliphatic heterocycles. The van der Waals surface area contributed by atoms with Gasteiger partial charge in [0.15, 0.2) is 0 Å². The second-order valence-corrected chi connectivity index (χ2v) is 5.76. The van der Waals surface area contributed by atoms with Crippen molar-refractivity contribution in [2.24, 2.45) is 11.7 Å². The summed E-state index contributed by atoms with van der Waals surface area (Å²) in [5.41, 5.74) is 8.41. The summed E-state index contributed by atoms with van der Waals surface area (Å²) in [4.78, 5) is 0. The molecule has 0 aromatic heterocycles. The van der Waals surface area contributed by atoms with Crippen LogP contribution in [0.5, 0.6) is 5.75 Å². The van der Waals surface area contributed by atoms with Gasteiger partial charge in [0, 0.05) is 0 Å². The van der Waals surface area contributed by atoms with Gasteiger partial charge in [0.2, 0.25) is 0 Å². The second kappa shape index (κ2) is 8.21. The van der Waals surface area contributed by atoms with Crippen LogP contribution in [0.4, 0.5) is 0 Å². The lowest BCUT2D eigenvalue weighted by atomic mass is 9.89. The number of nitrogens with two attached hydrogens (primary N) is 1. The van der Waals surface area contributed by atoms with Crippen molar-refractivity contribution in [2.45, 2.75) is 52.9 Å². The minimum atomic E-state index is 0.563. The highest BCUT2D eigenvalue weighted by Gasteiger charge is 2.12. The van der Waals surface area contributed by atoms with Crippen molar-refractivity contribution in [3.05, 3.63) is 29.3 Å². The molecule has 0 radical (unpaired) electrons. The first kappa shape index (κ1) is 16.0. The Morgan fingerprint density at radius 1 is 1.26 bits per heavy atom. The molecule has 0 spiro atoms. The van der Waals surface area contributed by atoms with Crippen molar-refractivity contribution >= 4 is 0 Å². The van der Waals surface area contributed by atoms with Crippen molar-refractivity contribution < 1.29 is 4.74 Å². The molecular weight excluding hydrogens is 234 g/mol. The molecule has 1 aromatic carbocycles. The fourth-order valence-corrected chi connectivity index (χ4v) is 2.40. The van der Waals surface area contributed by atoms with Gasteiger partial charge in [0.05, 0.1) is 6.61 Å². The van der Waals surface area contributed by atoms with Crippen LogP contribution < -0.4 is 10.5 Å². The summed E-state index contributed by atoms with van der Waals surface area (Å²) in [6.07, 6.45) is 3.45. The van der Waals surface area contributed by atoms with E-state index in [1.165, 1.54) is 24.0 Å². The molecule has 0 fully saturated rings. The van der Waals surface area contributed by atoms with E-state index in [4.69, 9.17) is 10.5 Å². The van der Waals surface area contributed by atoms with Crippen molar-refractivity contribution in [1.82, 2.24) is 0 Å². The predicted molar refractivity (Wildman–Crippen MR) is 82.8 cm³/mol. The molecule has 0 saturated heterocycles. The van der Waals surface area contributed by atoms with Gasteiger partial charge >= 0.3 is 0 Å². The SMILES string of the molecule is CCC(CCCN)c1ccc(OCC(C)C)cc1C. The zero-order chi connectivity index (χ0) is 14.3. The fourth-order valence-electron chi connectivity index (χ4n) is 2.40. The van der Waals surface area contributed by atoms with E-state index < -0.39 is 0 Å².